The van der Waals surface area contributed by atoms with Gasteiger partial charge in [-0.3, -0.25) is 0 Å². The van der Waals surface area contributed by atoms with Gasteiger partial charge in [-0.25, -0.2) is 0 Å². The van der Waals surface area contributed by atoms with Crippen LogP contribution in [0.15, 0.2) is 54.6 Å². The molecule has 23 heavy (non-hydrogen) atoms. The molecule has 0 atom stereocenters. The second-order valence-electron chi connectivity index (χ2n) is 6.30. The lowest BCUT2D eigenvalue weighted by Crippen LogP contribution is -2.44. The maximum Gasteiger partial charge on any atom is 0.135 e. The zero-order valence-electron chi connectivity index (χ0n) is 13.2. The Kier molecular flexibility index (Phi) is 4.84. The van der Waals surface area contributed by atoms with Gasteiger partial charge in [0.05, 0.1) is 0 Å². The number of nitrogens with two attached hydrogens (primary N) is 1. The lowest BCUT2D eigenvalue weighted by Gasteiger charge is -2.36. The Labute approximate surface area is 137 Å². The van der Waals surface area contributed by atoms with Gasteiger partial charge in [0, 0.05) is 17.8 Å². The molecule has 0 amide bonds. The largest absolute Gasteiger partial charge is 0.489 e. The molecule has 1 fully saturated rings. The number of aliphatic hydroxyl groups is 1. The molecule has 0 aliphatic heterocycles. The molecule has 1 aliphatic carbocycles. The van der Waals surface area contributed by atoms with E-state index in [1.54, 1.807) is 0 Å². The molecule has 0 heterocycles. The number of rotatable bonds is 5. The molecule has 122 valence electrons. The van der Waals surface area contributed by atoms with Crippen LogP contribution in [0.2, 0.25) is 0 Å². The fourth-order valence-electron chi connectivity index (χ4n) is 2.92. The highest BCUT2D eigenvalue weighted by molar-refractivity contribution is 5.49. The van der Waals surface area contributed by atoms with Crippen LogP contribution in [0.5, 0.6) is 5.75 Å². The molecule has 1 saturated carbocycles. The predicted octanol–water partition coefficient (Wildman–Crippen LogP) is 3.27. The molecule has 0 bridgehead atoms. The lowest BCUT2D eigenvalue weighted by molar-refractivity contribution is 0.0269. The third-order valence-corrected chi connectivity index (χ3v) is 4.32. The van der Waals surface area contributed by atoms with Crippen LogP contribution >= 0.6 is 0 Å². The molecule has 4 N–H and O–H groups in total. The zero-order valence-corrected chi connectivity index (χ0v) is 13.2. The van der Waals surface area contributed by atoms with Crippen LogP contribution in [-0.4, -0.2) is 16.9 Å². The van der Waals surface area contributed by atoms with Crippen molar-refractivity contribution in [2.75, 3.05) is 5.32 Å². The Bertz CT molecular complexity index is 622. The SMILES string of the molecule is NC1CCC(O)(Nc2cccc(OCc3ccccc3)c2)CC1. The van der Waals surface area contributed by atoms with Crippen LogP contribution in [-0.2, 0) is 6.61 Å². The van der Waals surface area contributed by atoms with Crippen molar-refractivity contribution in [3.05, 3.63) is 60.2 Å². The van der Waals surface area contributed by atoms with Gasteiger partial charge >= 0.3 is 0 Å². The van der Waals surface area contributed by atoms with Crippen LogP contribution in [0.4, 0.5) is 5.69 Å². The van der Waals surface area contributed by atoms with E-state index < -0.39 is 5.72 Å². The highest BCUT2D eigenvalue weighted by Gasteiger charge is 2.31. The third kappa shape index (κ3) is 4.47. The molecule has 4 heteroatoms. The maximum absolute atomic E-state index is 10.6. The van der Waals surface area contributed by atoms with Crippen LogP contribution < -0.4 is 15.8 Å². The monoisotopic (exact) mass is 312 g/mol. The number of nitrogens with one attached hydrogen (secondary N) is 1. The molecule has 2 aromatic rings. The van der Waals surface area contributed by atoms with Gasteiger partial charge in [0.1, 0.15) is 18.1 Å². The van der Waals surface area contributed by atoms with Gasteiger partial charge < -0.3 is 20.9 Å². The van der Waals surface area contributed by atoms with E-state index in [0.29, 0.717) is 19.4 Å². The second-order valence-corrected chi connectivity index (χ2v) is 6.30. The van der Waals surface area contributed by atoms with Crippen molar-refractivity contribution >= 4 is 5.69 Å². The van der Waals surface area contributed by atoms with Gasteiger partial charge in [-0.05, 0) is 43.4 Å². The number of hydrogen-bond acceptors (Lipinski definition) is 4. The summed E-state index contributed by atoms with van der Waals surface area (Å²) in [6.45, 7) is 0.531. The quantitative estimate of drug-likeness (QED) is 0.741. The first-order chi connectivity index (χ1) is 11.1. The Morgan fingerprint density at radius 2 is 1.83 bits per heavy atom. The van der Waals surface area contributed by atoms with Crippen molar-refractivity contribution in [3.8, 4) is 5.75 Å². The zero-order chi connectivity index (χ0) is 16.1. The summed E-state index contributed by atoms with van der Waals surface area (Å²) < 4.78 is 5.83. The van der Waals surface area contributed by atoms with Gasteiger partial charge in [0.25, 0.3) is 0 Å². The van der Waals surface area contributed by atoms with Crippen molar-refractivity contribution in [2.45, 2.75) is 44.1 Å². The molecule has 0 radical (unpaired) electrons. The molecular formula is C19H24N2O2. The Hall–Kier alpha value is -2.04. The smallest absolute Gasteiger partial charge is 0.135 e. The molecule has 0 spiro atoms. The van der Waals surface area contributed by atoms with Crippen molar-refractivity contribution in [2.24, 2.45) is 5.73 Å². The standard InChI is InChI=1S/C19H24N2O2/c20-16-9-11-19(22,12-10-16)21-17-7-4-8-18(13-17)23-14-15-5-2-1-3-6-15/h1-8,13,16,21-22H,9-12,14,20H2. The van der Waals surface area contributed by atoms with Crippen molar-refractivity contribution < 1.29 is 9.84 Å². The van der Waals surface area contributed by atoms with Gasteiger partial charge in [0.15, 0.2) is 0 Å². The predicted molar refractivity (Wildman–Crippen MR) is 92.2 cm³/mol. The molecule has 4 nitrogen and oxygen atoms in total. The first-order valence-electron chi connectivity index (χ1n) is 8.16. The number of ether oxygens (including phenoxy) is 1. The summed E-state index contributed by atoms with van der Waals surface area (Å²) in [5.41, 5.74) is 7.04. The van der Waals surface area contributed by atoms with E-state index in [4.69, 9.17) is 10.5 Å². The highest BCUT2D eigenvalue weighted by atomic mass is 16.5. The van der Waals surface area contributed by atoms with Gasteiger partial charge in [-0.2, -0.15) is 0 Å². The van der Waals surface area contributed by atoms with Crippen molar-refractivity contribution in [3.63, 3.8) is 0 Å². The van der Waals surface area contributed by atoms with E-state index in [9.17, 15) is 5.11 Å². The highest BCUT2D eigenvalue weighted by Crippen LogP contribution is 2.30. The van der Waals surface area contributed by atoms with E-state index >= 15 is 0 Å². The van der Waals surface area contributed by atoms with E-state index in [1.165, 1.54) is 0 Å². The summed E-state index contributed by atoms with van der Waals surface area (Å²) in [6, 6.07) is 18.0. The summed E-state index contributed by atoms with van der Waals surface area (Å²) in [5, 5.41) is 13.9. The third-order valence-electron chi connectivity index (χ3n) is 4.32. The molecule has 2 aromatic carbocycles. The fourth-order valence-corrected chi connectivity index (χ4v) is 2.92. The Balaban J connectivity index is 1.61. The normalized spacial score (nSPS) is 24.2. The van der Waals surface area contributed by atoms with E-state index in [0.717, 1.165) is 29.8 Å². The number of hydrogen-bond donors (Lipinski definition) is 3. The van der Waals surface area contributed by atoms with Gasteiger partial charge in [0.2, 0.25) is 0 Å². The molecule has 0 saturated heterocycles. The summed E-state index contributed by atoms with van der Waals surface area (Å²) in [7, 11) is 0. The summed E-state index contributed by atoms with van der Waals surface area (Å²) in [6.07, 6.45) is 3.02. The average Bonchev–Trinajstić information content (AvgIpc) is 2.57. The van der Waals surface area contributed by atoms with Crippen LogP contribution in [0.3, 0.4) is 0 Å². The van der Waals surface area contributed by atoms with Crippen LogP contribution in [0.1, 0.15) is 31.2 Å². The lowest BCUT2D eigenvalue weighted by atomic mass is 9.88. The molecule has 0 unspecified atom stereocenters. The summed E-state index contributed by atoms with van der Waals surface area (Å²) in [5.74, 6) is 0.787. The molecule has 0 aromatic heterocycles. The number of anilines is 1. The molecular weight excluding hydrogens is 288 g/mol. The van der Waals surface area contributed by atoms with Crippen molar-refractivity contribution in [1.82, 2.24) is 0 Å². The Morgan fingerprint density at radius 3 is 2.57 bits per heavy atom. The fraction of sp³-hybridized carbons (Fsp3) is 0.368. The number of benzene rings is 2. The van der Waals surface area contributed by atoms with Gasteiger partial charge in [-0.15, -0.1) is 0 Å². The second kappa shape index (κ2) is 7.02. The first-order valence-corrected chi connectivity index (χ1v) is 8.16. The first kappa shape index (κ1) is 15.8. The minimum atomic E-state index is -0.867. The van der Waals surface area contributed by atoms with Gasteiger partial charge in [-0.1, -0.05) is 36.4 Å². The summed E-state index contributed by atoms with van der Waals surface area (Å²) >= 11 is 0. The van der Waals surface area contributed by atoms with E-state index in [1.807, 2.05) is 54.6 Å². The summed E-state index contributed by atoms with van der Waals surface area (Å²) in [4.78, 5) is 0. The topological polar surface area (TPSA) is 67.5 Å². The average molecular weight is 312 g/mol. The maximum atomic E-state index is 10.6. The van der Waals surface area contributed by atoms with Crippen molar-refractivity contribution in [1.29, 1.82) is 0 Å². The van der Waals surface area contributed by atoms with Crippen LogP contribution in [0.25, 0.3) is 0 Å². The van der Waals surface area contributed by atoms with E-state index in [-0.39, 0.29) is 6.04 Å². The van der Waals surface area contributed by atoms with Crippen LogP contribution in [0, 0.1) is 0 Å². The minimum absolute atomic E-state index is 0.206. The molecule has 3 rings (SSSR count). The molecule has 1 aliphatic rings. The Morgan fingerprint density at radius 1 is 1.09 bits per heavy atom. The minimum Gasteiger partial charge on any atom is -0.489 e. The van der Waals surface area contributed by atoms with E-state index in [2.05, 4.69) is 5.32 Å².